The van der Waals surface area contributed by atoms with Crippen LogP contribution in [0.1, 0.15) is 19.8 Å². The quantitative estimate of drug-likeness (QED) is 0.816. The fourth-order valence-corrected chi connectivity index (χ4v) is 1.28. The van der Waals surface area contributed by atoms with E-state index in [0.29, 0.717) is 6.42 Å². The highest BCUT2D eigenvalue weighted by atomic mass is 19.1. The van der Waals surface area contributed by atoms with E-state index in [2.05, 4.69) is 5.32 Å². The van der Waals surface area contributed by atoms with Gasteiger partial charge in [-0.25, -0.2) is 8.78 Å². The van der Waals surface area contributed by atoms with Crippen molar-refractivity contribution in [2.75, 3.05) is 5.32 Å². The topological polar surface area (TPSA) is 49.3 Å². The van der Waals surface area contributed by atoms with Gasteiger partial charge in [0.25, 0.3) is 0 Å². The molecule has 2 N–H and O–H groups in total. The van der Waals surface area contributed by atoms with Gasteiger partial charge < -0.3 is 10.4 Å². The molecule has 0 aromatic heterocycles. The van der Waals surface area contributed by atoms with Gasteiger partial charge >= 0.3 is 5.97 Å². The molecule has 0 heterocycles. The largest absolute Gasteiger partial charge is 0.481 e. The third-order valence-corrected chi connectivity index (χ3v) is 2.12. The van der Waals surface area contributed by atoms with Gasteiger partial charge in [0.15, 0.2) is 0 Å². The van der Waals surface area contributed by atoms with Gasteiger partial charge in [0, 0.05) is 18.5 Å². The molecule has 16 heavy (non-hydrogen) atoms. The number of halogens is 2. The molecule has 0 fully saturated rings. The third kappa shape index (κ3) is 3.84. The van der Waals surface area contributed by atoms with Gasteiger partial charge in [-0.3, -0.25) is 4.79 Å². The van der Waals surface area contributed by atoms with Crippen molar-refractivity contribution in [1.29, 1.82) is 0 Å². The summed E-state index contributed by atoms with van der Waals surface area (Å²) in [4.78, 5) is 10.3. The molecule has 1 atom stereocenters. The maximum absolute atomic E-state index is 13.2. The molecule has 0 saturated heterocycles. The average molecular weight is 229 g/mol. The maximum atomic E-state index is 13.2. The summed E-state index contributed by atoms with van der Waals surface area (Å²) in [6.45, 7) is 1.74. The smallest absolute Gasteiger partial charge is 0.303 e. The lowest BCUT2D eigenvalue weighted by Crippen LogP contribution is -2.17. The van der Waals surface area contributed by atoms with E-state index in [4.69, 9.17) is 5.11 Å². The molecule has 0 bridgehead atoms. The van der Waals surface area contributed by atoms with Crippen molar-refractivity contribution in [1.82, 2.24) is 0 Å². The summed E-state index contributed by atoms with van der Waals surface area (Å²) in [5, 5.41) is 11.3. The van der Waals surface area contributed by atoms with Crippen molar-refractivity contribution in [3.05, 3.63) is 29.8 Å². The van der Waals surface area contributed by atoms with E-state index < -0.39 is 17.6 Å². The zero-order valence-electron chi connectivity index (χ0n) is 8.84. The number of aliphatic carboxylic acids is 1. The number of nitrogens with one attached hydrogen (secondary N) is 1. The van der Waals surface area contributed by atoms with Crippen molar-refractivity contribution >= 4 is 11.7 Å². The summed E-state index contributed by atoms with van der Waals surface area (Å²) in [7, 11) is 0. The predicted molar refractivity (Wildman–Crippen MR) is 56.3 cm³/mol. The molecule has 0 spiro atoms. The number of benzene rings is 1. The van der Waals surface area contributed by atoms with E-state index in [1.54, 1.807) is 6.92 Å². The van der Waals surface area contributed by atoms with Gasteiger partial charge in [0.05, 0.1) is 5.69 Å². The average Bonchev–Trinajstić information content (AvgIpc) is 2.19. The van der Waals surface area contributed by atoms with E-state index in [-0.39, 0.29) is 18.2 Å². The number of hydrogen-bond donors (Lipinski definition) is 2. The number of carboxylic acids is 1. The van der Waals surface area contributed by atoms with Crippen LogP contribution in [0.2, 0.25) is 0 Å². The maximum Gasteiger partial charge on any atom is 0.303 e. The molecule has 0 radical (unpaired) electrons. The Bertz CT molecular complexity index is 382. The zero-order chi connectivity index (χ0) is 12.1. The molecule has 5 heteroatoms. The Labute approximate surface area is 92.1 Å². The molecular weight excluding hydrogens is 216 g/mol. The minimum Gasteiger partial charge on any atom is -0.481 e. The lowest BCUT2D eigenvalue weighted by atomic mass is 10.1. The fourth-order valence-electron chi connectivity index (χ4n) is 1.28. The van der Waals surface area contributed by atoms with Crippen LogP contribution < -0.4 is 5.32 Å². The number of rotatable bonds is 5. The third-order valence-electron chi connectivity index (χ3n) is 2.12. The molecular formula is C11H13F2NO2. The van der Waals surface area contributed by atoms with Crippen molar-refractivity contribution in [2.24, 2.45) is 0 Å². The second kappa shape index (κ2) is 5.44. The van der Waals surface area contributed by atoms with Crippen LogP contribution in [0.5, 0.6) is 0 Å². The first-order valence-corrected chi connectivity index (χ1v) is 4.92. The van der Waals surface area contributed by atoms with Crippen molar-refractivity contribution in [3.63, 3.8) is 0 Å². The Morgan fingerprint density at radius 1 is 1.50 bits per heavy atom. The van der Waals surface area contributed by atoms with E-state index >= 15 is 0 Å². The fraction of sp³-hybridized carbons (Fsp3) is 0.364. The van der Waals surface area contributed by atoms with Gasteiger partial charge in [-0.15, -0.1) is 0 Å². The highest BCUT2D eigenvalue weighted by Gasteiger charge is 2.08. The minimum atomic E-state index is -0.895. The van der Waals surface area contributed by atoms with Crippen LogP contribution in [0, 0.1) is 11.6 Å². The number of hydrogen-bond acceptors (Lipinski definition) is 2. The van der Waals surface area contributed by atoms with Crippen molar-refractivity contribution < 1.29 is 18.7 Å². The van der Waals surface area contributed by atoms with E-state index in [1.807, 2.05) is 0 Å². The summed E-state index contributed by atoms with van der Waals surface area (Å²) in [5.41, 5.74) is 0.180. The van der Waals surface area contributed by atoms with Crippen LogP contribution in [-0.2, 0) is 4.79 Å². The Balaban J connectivity index is 2.55. The first-order chi connectivity index (χ1) is 7.49. The Morgan fingerprint density at radius 2 is 2.19 bits per heavy atom. The first-order valence-electron chi connectivity index (χ1n) is 4.92. The SMILES string of the molecule is CC(CCC(=O)O)Nc1ccc(F)cc1F. The van der Waals surface area contributed by atoms with E-state index in [0.717, 1.165) is 12.1 Å². The molecule has 1 unspecified atom stereocenters. The molecule has 0 aliphatic carbocycles. The lowest BCUT2D eigenvalue weighted by molar-refractivity contribution is -0.137. The molecule has 1 aromatic rings. The molecule has 3 nitrogen and oxygen atoms in total. The van der Waals surface area contributed by atoms with Gasteiger partial charge in [-0.05, 0) is 25.5 Å². The van der Waals surface area contributed by atoms with Gasteiger partial charge in [0.2, 0.25) is 0 Å². The monoisotopic (exact) mass is 229 g/mol. The Morgan fingerprint density at radius 3 is 2.75 bits per heavy atom. The zero-order valence-corrected chi connectivity index (χ0v) is 8.84. The number of carbonyl (C=O) groups is 1. The predicted octanol–water partition coefficient (Wildman–Crippen LogP) is 2.63. The molecule has 0 saturated carbocycles. The number of anilines is 1. The van der Waals surface area contributed by atoms with Gasteiger partial charge in [0.1, 0.15) is 11.6 Å². The number of carboxylic acid groups (broad SMARTS) is 1. The second-order valence-corrected chi connectivity index (χ2v) is 3.60. The Hall–Kier alpha value is -1.65. The summed E-state index contributed by atoms with van der Waals surface area (Å²) in [6, 6.07) is 3.04. The summed E-state index contributed by atoms with van der Waals surface area (Å²) >= 11 is 0. The van der Waals surface area contributed by atoms with Crippen LogP contribution in [0.3, 0.4) is 0 Å². The molecule has 1 aromatic carbocycles. The van der Waals surface area contributed by atoms with Crippen LogP contribution in [0.25, 0.3) is 0 Å². The normalized spacial score (nSPS) is 12.2. The molecule has 88 valence electrons. The van der Waals surface area contributed by atoms with E-state index in [9.17, 15) is 13.6 Å². The summed E-state index contributed by atoms with van der Waals surface area (Å²) in [6.07, 6.45) is 0.392. The van der Waals surface area contributed by atoms with E-state index in [1.165, 1.54) is 6.07 Å². The van der Waals surface area contributed by atoms with Crippen molar-refractivity contribution in [3.8, 4) is 0 Å². The van der Waals surface area contributed by atoms with Crippen LogP contribution in [-0.4, -0.2) is 17.1 Å². The Kier molecular flexibility index (Phi) is 4.22. The first kappa shape index (κ1) is 12.4. The summed E-state index contributed by atoms with van der Waals surface area (Å²) < 4.78 is 25.8. The standard InChI is InChI=1S/C11H13F2NO2/c1-7(2-5-11(15)16)14-10-4-3-8(12)6-9(10)13/h3-4,6-7,14H,2,5H2,1H3,(H,15,16). The van der Waals surface area contributed by atoms with Crippen molar-refractivity contribution in [2.45, 2.75) is 25.8 Å². The summed E-state index contributed by atoms with van der Waals surface area (Å²) in [5.74, 6) is -2.21. The highest BCUT2D eigenvalue weighted by molar-refractivity contribution is 5.66. The molecule has 0 aliphatic rings. The van der Waals surface area contributed by atoms with Crippen LogP contribution >= 0.6 is 0 Å². The van der Waals surface area contributed by atoms with Gasteiger partial charge in [-0.2, -0.15) is 0 Å². The lowest BCUT2D eigenvalue weighted by Gasteiger charge is -2.14. The molecule has 0 aliphatic heterocycles. The minimum absolute atomic E-state index is 0.0109. The van der Waals surface area contributed by atoms with Crippen LogP contribution in [0.15, 0.2) is 18.2 Å². The molecule has 1 rings (SSSR count). The highest BCUT2D eigenvalue weighted by Crippen LogP contribution is 2.16. The van der Waals surface area contributed by atoms with Crippen LogP contribution in [0.4, 0.5) is 14.5 Å². The van der Waals surface area contributed by atoms with Gasteiger partial charge in [-0.1, -0.05) is 0 Å². The second-order valence-electron chi connectivity index (χ2n) is 3.60. The molecule has 0 amide bonds.